The standard InChI is InChI=1S/C18H19N3O2/c1-12(15-9-5-7-13-6-3-4-8-16(13)15)21(2)11-14-10-19-18(23)20-17(14)22/h3-10,12H,11H2,1-2H3,(H2,19,20,22,23)/t12-/m1/s1. The van der Waals surface area contributed by atoms with Crippen LogP contribution in [0.15, 0.2) is 58.3 Å². The SMILES string of the molecule is C[C@H](c1cccc2ccccc12)N(C)Cc1c[nH]c(=O)[nH]c1=O. The van der Waals surface area contributed by atoms with E-state index in [9.17, 15) is 9.59 Å². The summed E-state index contributed by atoms with van der Waals surface area (Å²) in [4.78, 5) is 29.8. The Morgan fingerprint density at radius 1 is 1.09 bits per heavy atom. The molecule has 0 spiro atoms. The highest BCUT2D eigenvalue weighted by Crippen LogP contribution is 2.27. The van der Waals surface area contributed by atoms with Crippen LogP contribution in [0, 0.1) is 0 Å². The van der Waals surface area contributed by atoms with Gasteiger partial charge in [-0.15, -0.1) is 0 Å². The van der Waals surface area contributed by atoms with Crippen LogP contribution in [0.4, 0.5) is 0 Å². The lowest BCUT2D eigenvalue weighted by Crippen LogP contribution is -2.30. The van der Waals surface area contributed by atoms with Crippen molar-refractivity contribution in [2.24, 2.45) is 0 Å². The van der Waals surface area contributed by atoms with E-state index in [1.807, 2.05) is 19.2 Å². The summed E-state index contributed by atoms with van der Waals surface area (Å²) in [5.41, 5.74) is 0.930. The van der Waals surface area contributed by atoms with Gasteiger partial charge in [-0.2, -0.15) is 0 Å². The molecule has 0 saturated carbocycles. The molecule has 0 unspecified atom stereocenters. The van der Waals surface area contributed by atoms with Gasteiger partial charge in [0.15, 0.2) is 0 Å². The van der Waals surface area contributed by atoms with E-state index in [2.05, 4.69) is 52.1 Å². The fourth-order valence-electron chi connectivity index (χ4n) is 2.81. The maximum Gasteiger partial charge on any atom is 0.325 e. The molecule has 0 aliphatic carbocycles. The Balaban J connectivity index is 1.91. The summed E-state index contributed by atoms with van der Waals surface area (Å²) in [6, 6.07) is 14.7. The lowest BCUT2D eigenvalue weighted by molar-refractivity contribution is 0.253. The van der Waals surface area contributed by atoms with Crippen molar-refractivity contribution in [2.45, 2.75) is 19.5 Å². The van der Waals surface area contributed by atoms with Crippen molar-refractivity contribution in [3.05, 3.63) is 80.6 Å². The molecule has 2 N–H and O–H groups in total. The third-order valence-electron chi connectivity index (χ3n) is 4.25. The molecule has 0 saturated heterocycles. The number of hydrogen-bond donors (Lipinski definition) is 2. The molecule has 5 nitrogen and oxygen atoms in total. The molecule has 1 heterocycles. The zero-order valence-electron chi connectivity index (χ0n) is 13.2. The summed E-state index contributed by atoms with van der Waals surface area (Å²) in [7, 11) is 1.97. The van der Waals surface area contributed by atoms with E-state index in [1.54, 1.807) is 0 Å². The minimum atomic E-state index is -0.483. The fraction of sp³-hybridized carbons (Fsp3) is 0.222. The van der Waals surface area contributed by atoms with Crippen molar-refractivity contribution >= 4 is 10.8 Å². The maximum atomic E-state index is 11.8. The van der Waals surface area contributed by atoms with Gasteiger partial charge in [-0.3, -0.25) is 14.7 Å². The molecule has 0 aliphatic heterocycles. The Kier molecular flexibility index (Phi) is 4.12. The molecule has 3 rings (SSSR count). The molecule has 2 aromatic carbocycles. The van der Waals surface area contributed by atoms with Gasteiger partial charge >= 0.3 is 5.69 Å². The Morgan fingerprint density at radius 3 is 2.61 bits per heavy atom. The zero-order valence-corrected chi connectivity index (χ0v) is 13.2. The second-order valence-corrected chi connectivity index (χ2v) is 5.76. The van der Waals surface area contributed by atoms with Crippen LogP contribution in [-0.2, 0) is 6.54 Å². The van der Waals surface area contributed by atoms with Gasteiger partial charge in [0.1, 0.15) is 0 Å². The minimum absolute atomic E-state index is 0.132. The zero-order chi connectivity index (χ0) is 16.4. The molecular formula is C18H19N3O2. The average molecular weight is 309 g/mol. The summed E-state index contributed by atoms with van der Waals surface area (Å²) < 4.78 is 0. The quantitative estimate of drug-likeness (QED) is 0.777. The maximum absolute atomic E-state index is 11.8. The van der Waals surface area contributed by atoms with Gasteiger partial charge < -0.3 is 4.98 Å². The normalized spacial score (nSPS) is 12.7. The number of H-pyrrole nitrogens is 2. The van der Waals surface area contributed by atoms with Crippen LogP contribution < -0.4 is 11.2 Å². The minimum Gasteiger partial charge on any atom is -0.314 e. The number of fused-ring (bicyclic) bond motifs is 1. The molecule has 1 aromatic heterocycles. The summed E-state index contributed by atoms with van der Waals surface area (Å²) in [6.07, 6.45) is 1.48. The largest absolute Gasteiger partial charge is 0.325 e. The van der Waals surface area contributed by atoms with Crippen molar-refractivity contribution in [3.63, 3.8) is 0 Å². The van der Waals surface area contributed by atoms with E-state index in [0.717, 1.165) is 0 Å². The Hall–Kier alpha value is -2.66. The van der Waals surface area contributed by atoms with Gasteiger partial charge in [0.2, 0.25) is 0 Å². The van der Waals surface area contributed by atoms with Gasteiger partial charge in [-0.05, 0) is 30.3 Å². The van der Waals surface area contributed by atoms with E-state index >= 15 is 0 Å². The monoisotopic (exact) mass is 309 g/mol. The van der Waals surface area contributed by atoms with Gasteiger partial charge in [0.05, 0.1) is 0 Å². The summed E-state index contributed by atoms with van der Waals surface area (Å²) in [6.45, 7) is 2.57. The van der Waals surface area contributed by atoms with Crippen LogP contribution in [0.2, 0.25) is 0 Å². The van der Waals surface area contributed by atoms with Crippen LogP contribution >= 0.6 is 0 Å². The van der Waals surface area contributed by atoms with Gasteiger partial charge in [0.25, 0.3) is 5.56 Å². The molecule has 5 heteroatoms. The first-order valence-electron chi connectivity index (χ1n) is 7.55. The van der Waals surface area contributed by atoms with Crippen LogP contribution in [-0.4, -0.2) is 21.9 Å². The highest BCUT2D eigenvalue weighted by molar-refractivity contribution is 5.86. The van der Waals surface area contributed by atoms with Crippen LogP contribution in [0.3, 0.4) is 0 Å². The van der Waals surface area contributed by atoms with Crippen LogP contribution in [0.5, 0.6) is 0 Å². The van der Waals surface area contributed by atoms with Gasteiger partial charge in [-0.1, -0.05) is 42.5 Å². The van der Waals surface area contributed by atoms with E-state index in [1.165, 1.54) is 22.5 Å². The van der Waals surface area contributed by atoms with Crippen LogP contribution in [0.1, 0.15) is 24.1 Å². The van der Waals surface area contributed by atoms with Crippen molar-refractivity contribution in [1.29, 1.82) is 0 Å². The molecule has 0 bridgehead atoms. The first-order valence-corrected chi connectivity index (χ1v) is 7.55. The third-order valence-corrected chi connectivity index (χ3v) is 4.25. The smallest absolute Gasteiger partial charge is 0.314 e. The van der Waals surface area contributed by atoms with Crippen molar-refractivity contribution in [3.8, 4) is 0 Å². The molecule has 3 aromatic rings. The molecule has 0 amide bonds. The predicted molar refractivity (Wildman–Crippen MR) is 91.5 cm³/mol. The van der Waals surface area contributed by atoms with E-state index < -0.39 is 5.69 Å². The summed E-state index contributed by atoms with van der Waals surface area (Å²) in [5, 5.41) is 2.41. The molecular weight excluding hydrogens is 290 g/mol. The topological polar surface area (TPSA) is 69.0 Å². The van der Waals surface area contributed by atoms with Crippen molar-refractivity contribution < 1.29 is 0 Å². The lowest BCUT2D eigenvalue weighted by atomic mass is 9.99. The molecule has 0 radical (unpaired) electrons. The van der Waals surface area contributed by atoms with Crippen LogP contribution in [0.25, 0.3) is 10.8 Å². The number of benzene rings is 2. The lowest BCUT2D eigenvalue weighted by Gasteiger charge is -2.26. The fourth-order valence-corrected chi connectivity index (χ4v) is 2.81. The van der Waals surface area contributed by atoms with Gasteiger partial charge in [-0.25, -0.2) is 4.79 Å². The number of nitrogens with one attached hydrogen (secondary N) is 2. The number of nitrogens with zero attached hydrogens (tertiary/aromatic N) is 1. The molecule has 1 atom stereocenters. The number of aromatic nitrogens is 2. The van der Waals surface area contributed by atoms with Gasteiger partial charge in [0, 0.05) is 24.3 Å². The number of aromatic amines is 2. The third kappa shape index (κ3) is 3.10. The highest BCUT2D eigenvalue weighted by Gasteiger charge is 2.15. The average Bonchev–Trinajstić information content (AvgIpc) is 2.56. The second kappa shape index (κ2) is 6.22. The number of hydrogen-bond acceptors (Lipinski definition) is 3. The molecule has 0 fully saturated rings. The second-order valence-electron chi connectivity index (χ2n) is 5.76. The number of rotatable bonds is 4. The Morgan fingerprint density at radius 2 is 1.83 bits per heavy atom. The van der Waals surface area contributed by atoms with E-state index in [4.69, 9.17) is 0 Å². The summed E-state index contributed by atoms with van der Waals surface area (Å²) in [5.74, 6) is 0. The molecule has 23 heavy (non-hydrogen) atoms. The first-order chi connectivity index (χ1) is 11.1. The molecule has 118 valence electrons. The Labute approximate surface area is 133 Å². The van der Waals surface area contributed by atoms with Crippen molar-refractivity contribution in [1.82, 2.24) is 14.9 Å². The molecule has 0 aliphatic rings. The predicted octanol–water partition coefficient (Wildman–Crippen LogP) is 2.41. The summed E-state index contributed by atoms with van der Waals surface area (Å²) >= 11 is 0. The van der Waals surface area contributed by atoms with Crippen molar-refractivity contribution in [2.75, 3.05) is 7.05 Å². The highest BCUT2D eigenvalue weighted by atomic mass is 16.2. The Bertz CT molecular complexity index is 937. The first kappa shape index (κ1) is 15.2. The van der Waals surface area contributed by atoms with E-state index in [-0.39, 0.29) is 11.6 Å². The van der Waals surface area contributed by atoms with E-state index in [0.29, 0.717) is 12.1 Å².